The van der Waals surface area contributed by atoms with Gasteiger partial charge in [0.25, 0.3) is 5.56 Å². The van der Waals surface area contributed by atoms with Crippen molar-refractivity contribution in [1.29, 1.82) is 0 Å². The highest BCUT2D eigenvalue weighted by molar-refractivity contribution is 7.85. The maximum atomic E-state index is 13.5. The maximum absolute atomic E-state index is 13.5. The molecule has 0 aliphatic rings. The van der Waals surface area contributed by atoms with E-state index >= 15 is 0 Å². The maximum Gasteiger partial charge on any atom is 0.417 e. The number of benzene rings is 1. The zero-order chi connectivity index (χ0) is 19.2. The molecule has 0 radical (unpaired) electrons. The molecule has 1 N–H and O–H groups in total. The third kappa shape index (κ3) is 3.97. The first-order valence-electron chi connectivity index (χ1n) is 7.40. The summed E-state index contributed by atoms with van der Waals surface area (Å²) in [6, 6.07) is 0.825. The van der Waals surface area contributed by atoms with Gasteiger partial charge in [-0.15, -0.1) is 0 Å². The first kappa shape index (κ1) is 19.3. The van der Waals surface area contributed by atoms with Gasteiger partial charge in [-0.25, -0.2) is 9.19 Å². The summed E-state index contributed by atoms with van der Waals surface area (Å²) >= 11 is 0. The number of aryl methyl sites for hydroxylation is 2. The summed E-state index contributed by atoms with van der Waals surface area (Å²) in [7, 11) is -1.72. The molecule has 25 heavy (non-hydrogen) atoms. The molecule has 0 amide bonds. The van der Waals surface area contributed by atoms with Crippen molar-refractivity contribution in [1.82, 2.24) is 9.97 Å². The summed E-state index contributed by atoms with van der Waals surface area (Å²) in [6.45, 7) is 7.87. The number of aromatic nitrogens is 2. The van der Waals surface area contributed by atoms with E-state index in [-0.39, 0.29) is 27.9 Å². The van der Waals surface area contributed by atoms with E-state index in [4.69, 9.17) is 0 Å². The molecule has 0 bridgehead atoms. The van der Waals surface area contributed by atoms with Gasteiger partial charge in [0, 0.05) is 11.8 Å². The van der Waals surface area contributed by atoms with Crippen LogP contribution >= 0.6 is 0 Å². The van der Waals surface area contributed by atoms with Crippen LogP contribution in [0.1, 0.15) is 43.3 Å². The molecule has 0 unspecified atom stereocenters. The van der Waals surface area contributed by atoms with Crippen LogP contribution in [0.2, 0.25) is 0 Å². The van der Waals surface area contributed by atoms with Gasteiger partial charge in [0.15, 0.2) is 0 Å². The van der Waals surface area contributed by atoms with E-state index in [1.165, 1.54) is 13.8 Å². The van der Waals surface area contributed by atoms with Crippen molar-refractivity contribution >= 4 is 28.1 Å². The second-order valence-corrected chi connectivity index (χ2v) is 8.54. The highest BCUT2D eigenvalue weighted by atomic mass is 32.2. The standard InChI is InChI=1S/C16H18F3N3O2S/c1-8-10(7-20-25(24)15(3,4)5)11(16(17,18)19)6-12-13(8)14(23)22-9(2)21-12/h6-7H,1-5H3,(H,21,22,23)/b20-7+/t25-/m0/s1. The molecular formula is C16H18F3N3O2S. The Bertz CT molecular complexity index is 941. The number of rotatable bonds is 2. The molecule has 9 heteroatoms. The number of fused-ring (bicyclic) bond motifs is 1. The van der Waals surface area contributed by atoms with Gasteiger partial charge >= 0.3 is 6.18 Å². The molecule has 5 nitrogen and oxygen atoms in total. The summed E-state index contributed by atoms with van der Waals surface area (Å²) in [6.07, 6.45) is -3.74. The number of H-pyrrole nitrogens is 1. The van der Waals surface area contributed by atoms with Crippen molar-refractivity contribution in [2.45, 2.75) is 45.5 Å². The molecule has 0 aliphatic carbocycles. The molecule has 1 atom stereocenters. The minimum atomic E-state index is -4.66. The number of halogens is 3. The fraction of sp³-hybridized carbons (Fsp3) is 0.438. The number of aromatic amines is 1. The van der Waals surface area contributed by atoms with Crippen molar-refractivity contribution < 1.29 is 17.4 Å². The van der Waals surface area contributed by atoms with E-state index in [0.29, 0.717) is 0 Å². The van der Waals surface area contributed by atoms with Crippen LogP contribution < -0.4 is 5.56 Å². The van der Waals surface area contributed by atoms with Crippen molar-refractivity contribution in [3.05, 3.63) is 38.9 Å². The van der Waals surface area contributed by atoms with E-state index in [1.54, 1.807) is 20.8 Å². The fourth-order valence-corrected chi connectivity index (χ4v) is 2.80. The van der Waals surface area contributed by atoms with E-state index in [2.05, 4.69) is 14.4 Å². The number of alkyl halides is 3. The predicted molar refractivity (Wildman–Crippen MR) is 92.3 cm³/mol. The molecule has 136 valence electrons. The molecule has 0 saturated heterocycles. The summed E-state index contributed by atoms with van der Waals surface area (Å²) in [5, 5.41) is 0.0570. The number of nitrogens with one attached hydrogen (secondary N) is 1. The van der Waals surface area contributed by atoms with Gasteiger partial charge in [-0.05, 0) is 46.2 Å². The Balaban J connectivity index is 2.81. The quantitative estimate of drug-likeness (QED) is 0.820. The van der Waals surface area contributed by atoms with E-state index < -0.39 is 33.0 Å². The zero-order valence-electron chi connectivity index (χ0n) is 14.4. The summed E-state index contributed by atoms with van der Waals surface area (Å²) in [4.78, 5) is 18.6. The fourth-order valence-electron chi connectivity index (χ4n) is 2.29. The highest BCUT2D eigenvalue weighted by Gasteiger charge is 2.35. The molecule has 1 aromatic carbocycles. The highest BCUT2D eigenvalue weighted by Crippen LogP contribution is 2.35. The van der Waals surface area contributed by atoms with Crippen LogP contribution in [0.15, 0.2) is 15.3 Å². The molecule has 1 aromatic heterocycles. The van der Waals surface area contributed by atoms with Crippen molar-refractivity contribution in [3.8, 4) is 0 Å². The Labute approximate surface area is 145 Å². The normalized spacial score (nSPS) is 14.4. The Kier molecular flexibility index (Phi) is 4.91. The first-order valence-corrected chi connectivity index (χ1v) is 8.50. The van der Waals surface area contributed by atoms with Gasteiger partial charge in [-0.3, -0.25) is 4.79 Å². The van der Waals surface area contributed by atoms with Crippen LogP contribution in [0, 0.1) is 13.8 Å². The lowest BCUT2D eigenvalue weighted by atomic mass is 9.98. The molecular weight excluding hydrogens is 355 g/mol. The van der Waals surface area contributed by atoms with E-state index in [1.807, 2.05) is 0 Å². The Morgan fingerprint density at radius 2 is 1.84 bits per heavy atom. The number of hydrogen-bond donors (Lipinski definition) is 1. The first-order chi connectivity index (χ1) is 11.3. The van der Waals surface area contributed by atoms with Gasteiger partial charge in [0.1, 0.15) is 16.8 Å². The number of nitrogens with zero attached hydrogens (tertiary/aromatic N) is 2. The topological polar surface area (TPSA) is 75.2 Å². The average molecular weight is 373 g/mol. The monoisotopic (exact) mass is 373 g/mol. The summed E-state index contributed by atoms with van der Waals surface area (Å²) in [5.74, 6) is 0.222. The van der Waals surface area contributed by atoms with Crippen LogP contribution in [0.5, 0.6) is 0 Å². The molecule has 0 spiro atoms. The smallest absolute Gasteiger partial charge is 0.310 e. The molecule has 0 saturated carbocycles. The SMILES string of the molecule is Cc1nc2cc(C(F)(F)F)c(/C=N/[S@@](=O)C(C)(C)C)c(C)c2c(=O)[nH]1. The molecule has 0 fully saturated rings. The second kappa shape index (κ2) is 6.36. The van der Waals surface area contributed by atoms with Gasteiger partial charge in [-0.1, -0.05) is 0 Å². The van der Waals surface area contributed by atoms with Crippen LogP contribution in [0.25, 0.3) is 10.9 Å². The molecule has 1 heterocycles. The lowest BCUT2D eigenvalue weighted by Gasteiger charge is -2.16. The Morgan fingerprint density at radius 1 is 1.24 bits per heavy atom. The molecule has 0 aliphatic heterocycles. The van der Waals surface area contributed by atoms with Crippen LogP contribution in [0.3, 0.4) is 0 Å². The van der Waals surface area contributed by atoms with E-state index in [9.17, 15) is 22.2 Å². The second-order valence-electron chi connectivity index (χ2n) is 6.60. The lowest BCUT2D eigenvalue weighted by molar-refractivity contribution is -0.137. The van der Waals surface area contributed by atoms with Gasteiger partial charge in [0.2, 0.25) is 0 Å². The van der Waals surface area contributed by atoms with Crippen LogP contribution in [-0.2, 0) is 17.2 Å². The zero-order valence-corrected chi connectivity index (χ0v) is 15.2. The molecule has 2 rings (SSSR count). The van der Waals surface area contributed by atoms with Crippen molar-refractivity contribution in [2.24, 2.45) is 4.40 Å². The predicted octanol–water partition coefficient (Wildman–Crippen LogP) is 3.44. The van der Waals surface area contributed by atoms with E-state index in [0.717, 1.165) is 12.3 Å². The average Bonchev–Trinajstić information content (AvgIpc) is 2.42. The van der Waals surface area contributed by atoms with Crippen molar-refractivity contribution in [3.63, 3.8) is 0 Å². The Morgan fingerprint density at radius 3 is 2.36 bits per heavy atom. The minimum Gasteiger partial charge on any atom is -0.310 e. The van der Waals surface area contributed by atoms with Crippen LogP contribution in [0.4, 0.5) is 13.2 Å². The van der Waals surface area contributed by atoms with Gasteiger partial charge in [0.05, 0.1) is 21.2 Å². The van der Waals surface area contributed by atoms with Crippen LogP contribution in [-0.4, -0.2) is 25.1 Å². The lowest BCUT2D eigenvalue weighted by Crippen LogP contribution is -2.20. The third-order valence-electron chi connectivity index (χ3n) is 3.52. The Hall–Kier alpha value is -2.03. The third-order valence-corrected chi connectivity index (χ3v) is 4.87. The molecule has 2 aromatic rings. The number of hydrogen-bond acceptors (Lipinski definition) is 3. The summed E-state index contributed by atoms with van der Waals surface area (Å²) < 4.78 is 55.5. The minimum absolute atomic E-state index is 0.0415. The van der Waals surface area contributed by atoms with Crippen molar-refractivity contribution in [2.75, 3.05) is 0 Å². The largest absolute Gasteiger partial charge is 0.417 e. The van der Waals surface area contributed by atoms with Gasteiger partial charge in [-0.2, -0.15) is 17.6 Å². The summed E-state index contributed by atoms with van der Waals surface area (Å²) in [5.41, 5.74) is -1.73. The van der Waals surface area contributed by atoms with Gasteiger partial charge < -0.3 is 4.98 Å².